The number of methoxy groups -OCH3 is 1. The maximum Gasteiger partial charge on any atom is 0.200 e. The van der Waals surface area contributed by atoms with Crippen LogP contribution in [-0.4, -0.2) is 30.9 Å². The predicted octanol–water partition coefficient (Wildman–Crippen LogP) is 6.57. The summed E-state index contributed by atoms with van der Waals surface area (Å²) < 4.78 is 11.1. The van der Waals surface area contributed by atoms with Crippen LogP contribution in [0, 0.1) is 0 Å². The first-order valence-electron chi connectivity index (χ1n) is 12.3. The molecule has 33 heavy (non-hydrogen) atoms. The second-order valence-corrected chi connectivity index (χ2v) is 9.41. The van der Waals surface area contributed by atoms with Crippen LogP contribution < -0.4 is 9.47 Å². The van der Waals surface area contributed by atoms with E-state index in [1.165, 1.54) is 45.6 Å². The van der Waals surface area contributed by atoms with Crippen molar-refractivity contribution in [3.63, 3.8) is 0 Å². The van der Waals surface area contributed by atoms with E-state index in [0.717, 1.165) is 43.1 Å². The largest absolute Gasteiger partial charge is 0.507 e. The zero-order valence-electron chi connectivity index (χ0n) is 19.5. The van der Waals surface area contributed by atoms with Gasteiger partial charge in [-0.1, -0.05) is 38.5 Å². The van der Waals surface area contributed by atoms with Gasteiger partial charge >= 0.3 is 0 Å². The van der Waals surface area contributed by atoms with E-state index in [9.17, 15) is 14.7 Å². The van der Waals surface area contributed by atoms with Gasteiger partial charge in [-0.3, -0.25) is 9.59 Å². The number of phenolic OH excluding ortho intramolecular Hbond substituents is 1. The summed E-state index contributed by atoms with van der Waals surface area (Å²) >= 11 is 0. The standard InChI is InChI=1S/C28H34O5/c1-32-27-14-19(17-29)12-13-26(27)33-18-25(30)22-15-23(20-8-4-2-5-9-20)28(31)24(16-22)21-10-6-3-7-11-21/h12-17,20-21,31H,2-11,18H2,1H3. The molecule has 5 heteroatoms. The first-order valence-corrected chi connectivity index (χ1v) is 12.3. The van der Waals surface area contributed by atoms with Crippen LogP contribution in [0.5, 0.6) is 17.2 Å². The number of phenols is 1. The van der Waals surface area contributed by atoms with Gasteiger partial charge < -0.3 is 14.6 Å². The van der Waals surface area contributed by atoms with E-state index in [2.05, 4.69) is 0 Å². The molecule has 2 fully saturated rings. The normalized spacial score (nSPS) is 17.5. The van der Waals surface area contributed by atoms with Gasteiger partial charge in [0, 0.05) is 11.1 Å². The number of Topliss-reactive ketones (excluding diaryl/α,β-unsaturated/α-hetero) is 1. The molecule has 0 spiro atoms. The lowest BCUT2D eigenvalue weighted by Crippen LogP contribution is -2.15. The Kier molecular flexibility index (Phi) is 7.69. The third-order valence-corrected chi connectivity index (χ3v) is 7.26. The molecule has 0 radical (unpaired) electrons. The van der Waals surface area contributed by atoms with Crippen LogP contribution in [0.15, 0.2) is 30.3 Å². The minimum Gasteiger partial charge on any atom is -0.507 e. The van der Waals surface area contributed by atoms with E-state index in [1.807, 2.05) is 12.1 Å². The molecule has 0 atom stereocenters. The van der Waals surface area contributed by atoms with E-state index in [-0.39, 0.29) is 12.4 Å². The number of ether oxygens (including phenoxy) is 2. The van der Waals surface area contributed by atoms with Gasteiger partial charge in [0.15, 0.2) is 23.9 Å². The van der Waals surface area contributed by atoms with Gasteiger partial charge in [-0.05, 0) is 79.0 Å². The quantitative estimate of drug-likeness (QED) is 0.364. The number of aldehydes is 1. The van der Waals surface area contributed by atoms with E-state index in [0.29, 0.717) is 40.2 Å². The van der Waals surface area contributed by atoms with Crippen LogP contribution in [0.1, 0.15) is 108 Å². The van der Waals surface area contributed by atoms with Crippen molar-refractivity contribution in [1.29, 1.82) is 0 Å². The highest BCUT2D eigenvalue weighted by molar-refractivity contribution is 5.98. The van der Waals surface area contributed by atoms with Crippen LogP contribution in [0.4, 0.5) is 0 Å². The number of carbonyl (C=O) groups excluding carboxylic acids is 2. The number of aromatic hydroxyl groups is 1. The van der Waals surface area contributed by atoms with Crippen LogP contribution in [-0.2, 0) is 0 Å². The average Bonchev–Trinajstić information content (AvgIpc) is 2.88. The second-order valence-electron chi connectivity index (χ2n) is 9.41. The zero-order valence-corrected chi connectivity index (χ0v) is 19.5. The molecule has 0 saturated heterocycles. The highest BCUT2D eigenvalue weighted by Crippen LogP contribution is 2.44. The lowest BCUT2D eigenvalue weighted by atomic mass is 9.78. The van der Waals surface area contributed by atoms with Crippen LogP contribution in [0.3, 0.4) is 0 Å². The summed E-state index contributed by atoms with van der Waals surface area (Å²) in [5.74, 6) is 1.76. The molecule has 2 aromatic carbocycles. The molecule has 0 bridgehead atoms. The van der Waals surface area contributed by atoms with Crippen molar-refractivity contribution in [2.45, 2.75) is 76.0 Å². The van der Waals surface area contributed by atoms with Crippen LogP contribution in [0.2, 0.25) is 0 Å². The predicted molar refractivity (Wildman–Crippen MR) is 128 cm³/mol. The maximum atomic E-state index is 13.2. The monoisotopic (exact) mass is 450 g/mol. The topological polar surface area (TPSA) is 72.8 Å². The van der Waals surface area contributed by atoms with Crippen molar-refractivity contribution in [1.82, 2.24) is 0 Å². The first kappa shape index (κ1) is 23.3. The molecule has 4 rings (SSSR count). The molecule has 0 aromatic heterocycles. The average molecular weight is 451 g/mol. The number of hydrogen-bond acceptors (Lipinski definition) is 5. The van der Waals surface area contributed by atoms with E-state index >= 15 is 0 Å². The van der Waals surface area contributed by atoms with Crippen molar-refractivity contribution in [2.24, 2.45) is 0 Å². The fraction of sp³-hybridized carbons (Fsp3) is 0.500. The maximum absolute atomic E-state index is 13.2. The molecular weight excluding hydrogens is 416 g/mol. The number of benzene rings is 2. The zero-order chi connectivity index (χ0) is 23.2. The molecule has 2 saturated carbocycles. The Bertz CT molecular complexity index is 945. The summed E-state index contributed by atoms with van der Waals surface area (Å²) in [6.45, 7) is -0.129. The SMILES string of the molecule is COc1cc(C=O)ccc1OCC(=O)c1cc(C2CCCCC2)c(O)c(C2CCCCC2)c1. The van der Waals surface area contributed by atoms with E-state index < -0.39 is 0 Å². The molecule has 1 N–H and O–H groups in total. The van der Waals surface area contributed by atoms with Gasteiger partial charge in [0.05, 0.1) is 7.11 Å². The third kappa shape index (κ3) is 5.40. The van der Waals surface area contributed by atoms with E-state index in [4.69, 9.17) is 9.47 Å². The van der Waals surface area contributed by atoms with Crippen molar-refractivity contribution >= 4 is 12.1 Å². The molecule has 0 amide bonds. The smallest absolute Gasteiger partial charge is 0.200 e. The Morgan fingerprint density at radius 3 is 2.00 bits per heavy atom. The fourth-order valence-electron chi connectivity index (χ4n) is 5.39. The first-order chi connectivity index (χ1) is 16.1. The lowest BCUT2D eigenvalue weighted by molar-refractivity contribution is 0.0918. The molecule has 0 aliphatic heterocycles. The molecule has 176 valence electrons. The summed E-state index contributed by atoms with van der Waals surface area (Å²) in [5.41, 5.74) is 2.97. The Labute approximate surface area is 196 Å². The van der Waals surface area contributed by atoms with Gasteiger partial charge in [-0.15, -0.1) is 0 Å². The number of hydrogen-bond donors (Lipinski definition) is 1. The van der Waals surface area contributed by atoms with Crippen LogP contribution >= 0.6 is 0 Å². The Balaban J connectivity index is 1.60. The lowest BCUT2D eigenvalue weighted by Gasteiger charge is -2.28. The molecular formula is C28H34O5. The van der Waals surface area contributed by atoms with Crippen LogP contribution in [0.25, 0.3) is 0 Å². The van der Waals surface area contributed by atoms with Gasteiger partial charge in [-0.2, -0.15) is 0 Å². The summed E-state index contributed by atoms with van der Waals surface area (Å²) in [6, 6.07) is 8.67. The highest BCUT2D eigenvalue weighted by Gasteiger charge is 2.27. The van der Waals surface area contributed by atoms with E-state index in [1.54, 1.807) is 18.2 Å². The Hall–Kier alpha value is -2.82. The van der Waals surface area contributed by atoms with Crippen molar-refractivity contribution < 1.29 is 24.2 Å². The second kappa shape index (κ2) is 10.9. The Morgan fingerprint density at radius 1 is 0.909 bits per heavy atom. The highest BCUT2D eigenvalue weighted by atomic mass is 16.5. The summed E-state index contributed by atoms with van der Waals surface area (Å²) in [7, 11) is 1.51. The van der Waals surface area contributed by atoms with Crippen molar-refractivity contribution in [2.75, 3.05) is 13.7 Å². The van der Waals surface area contributed by atoms with Gasteiger partial charge in [-0.25, -0.2) is 0 Å². The summed E-state index contributed by atoms with van der Waals surface area (Å²) in [6.07, 6.45) is 12.1. The number of ketones is 1. The molecule has 2 aliphatic rings. The molecule has 5 nitrogen and oxygen atoms in total. The third-order valence-electron chi connectivity index (χ3n) is 7.26. The van der Waals surface area contributed by atoms with Crippen molar-refractivity contribution in [3.05, 3.63) is 52.6 Å². The number of carbonyl (C=O) groups is 2. The van der Waals surface area contributed by atoms with Gasteiger partial charge in [0.2, 0.25) is 0 Å². The molecule has 2 aromatic rings. The molecule has 0 unspecified atom stereocenters. The van der Waals surface area contributed by atoms with Gasteiger partial charge in [0.25, 0.3) is 0 Å². The number of rotatable bonds is 8. The minimum absolute atomic E-state index is 0.120. The minimum atomic E-state index is -0.129. The van der Waals surface area contributed by atoms with Gasteiger partial charge in [0.1, 0.15) is 12.0 Å². The molecule has 2 aliphatic carbocycles. The Morgan fingerprint density at radius 2 is 1.48 bits per heavy atom. The van der Waals surface area contributed by atoms with Crippen molar-refractivity contribution in [3.8, 4) is 17.2 Å². The molecule has 0 heterocycles. The fourth-order valence-corrected chi connectivity index (χ4v) is 5.39. The summed E-state index contributed by atoms with van der Waals surface area (Å²) in [5, 5.41) is 11.2. The summed E-state index contributed by atoms with van der Waals surface area (Å²) in [4.78, 5) is 24.2.